The third-order valence-corrected chi connectivity index (χ3v) is 4.44. The van der Waals surface area contributed by atoms with E-state index in [0.717, 1.165) is 17.5 Å². The quantitative estimate of drug-likeness (QED) is 0.797. The highest BCUT2D eigenvalue weighted by Gasteiger charge is 2.24. The zero-order valence-corrected chi connectivity index (χ0v) is 15.2. The Balaban J connectivity index is 1.74. The van der Waals surface area contributed by atoms with Crippen LogP contribution in [0.3, 0.4) is 0 Å². The molecule has 1 atom stereocenters. The van der Waals surface area contributed by atoms with E-state index in [0.29, 0.717) is 30.7 Å². The highest BCUT2D eigenvalue weighted by Crippen LogP contribution is 2.21. The highest BCUT2D eigenvalue weighted by atomic mass is 16.5. The smallest absolute Gasteiger partial charge is 0.338 e. The van der Waals surface area contributed by atoms with Crippen molar-refractivity contribution in [3.63, 3.8) is 0 Å². The van der Waals surface area contributed by atoms with Crippen LogP contribution in [0.15, 0.2) is 48.5 Å². The van der Waals surface area contributed by atoms with Gasteiger partial charge in [-0.3, -0.25) is 9.59 Å². The van der Waals surface area contributed by atoms with Gasteiger partial charge in [0.15, 0.2) is 0 Å². The molecule has 6 heteroatoms. The Labute approximate surface area is 157 Å². The molecule has 0 aromatic heterocycles. The minimum Gasteiger partial charge on any atom is -0.462 e. The molecule has 0 saturated carbocycles. The first kappa shape index (κ1) is 18.6. The van der Waals surface area contributed by atoms with Crippen LogP contribution in [0, 0.1) is 0 Å². The van der Waals surface area contributed by atoms with Gasteiger partial charge < -0.3 is 15.4 Å². The Morgan fingerprint density at radius 3 is 2.59 bits per heavy atom. The Kier molecular flexibility index (Phi) is 5.86. The third kappa shape index (κ3) is 4.53. The van der Waals surface area contributed by atoms with Gasteiger partial charge in [-0.15, -0.1) is 0 Å². The Bertz CT molecular complexity index is 846. The van der Waals surface area contributed by atoms with Crippen LogP contribution in [0.25, 0.3) is 11.1 Å². The van der Waals surface area contributed by atoms with Gasteiger partial charge in [0.2, 0.25) is 5.91 Å². The third-order valence-electron chi connectivity index (χ3n) is 4.44. The van der Waals surface area contributed by atoms with Gasteiger partial charge in [-0.2, -0.15) is 0 Å². The summed E-state index contributed by atoms with van der Waals surface area (Å²) in [4.78, 5) is 36.1. The van der Waals surface area contributed by atoms with Crippen LogP contribution >= 0.6 is 0 Å². The number of hydrogen-bond acceptors (Lipinski definition) is 4. The van der Waals surface area contributed by atoms with Crippen molar-refractivity contribution in [2.24, 2.45) is 0 Å². The number of ether oxygens (including phenoxy) is 1. The standard InChI is InChI=1S/C21H22N2O4/c1-2-27-21(26)15-10-8-14(9-11-15)16-5-3-6-17(13-16)19(24)23-18-7-4-12-22-20(18)25/h3,5-6,8-11,13,18H,2,4,7,12H2,1H3,(H,22,25)(H,23,24)/t18-/m1/s1. The second kappa shape index (κ2) is 8.49. The van der Waals surface area contributed by atoms with E-state index in [-0.39, 0.29) is 17.8 Å². The molecule has 3 rings (SSSR count). The molecule has 0 spiro atoms. The normalized spacial score (nSPS) is 16.3. The van der Waals surface area contributed by atoms with Gasteiger partial charge in [0, 0.05) is 12.1 Å². The summed E-state index contributed by atoms with van der Waals surface area (Å²) in [7, 11) is 0. The molecule has 27 heavy (non-hydrogen) atoms. The van der Waals surface area contributed by atoms with Gasteiger partial charge in [0.25, 0.3) is 5.91 Å². The van der Waals surface area contributed by atoms with Crippen molar-refractivity contribution < 1.29 is 19.1 Å². The summed E-state index contributed by atoms with van der Waals surface area (Å²) >= 11 is 0. The van der Waals surface area contributed by atoms with Crippen LogP contribution in [0.4, 0.5) is 0 Å². The lowest BCUT2D eigenvalue weighted by atomic mass is 10.0. The molecule has 1 aliphatic heterocycles. The second-order valence-electron chi connectivity index (χ2n) is 6.34. The second-order valence-corrected chi connectivity index (χ2v) is 6.34. The molecule has 2 amide bonds. The molecule has 140 valence electrons. The van der Waals surface area contributed by atoms with Gasteiger partial charge in [-0.25, -0.2) is 4.79 Å². The minimum absolute atomic E-state index is 0.139. The molecule has 2 aromatic carbocycles. The molecule has 1 fully saturated rings. The van der Waals surface area contributed by atoms with Crippen LogP contribution in [-0.4, -0.2) is 37.0 Å². The van der Waals surface area contributed by atoms with Crippen molar-refractivity contribution in [1.82, 2.24) is 10.6 Å². The lowest BCUT2D eigenvalue weighted by Gasteiger charge is -2.22. The molecule has 2 aromatic rings. The molecule has 6 nitrogen and oxygen atoms in total. The average molecular weight is 366 g/mol. The first-order valence-corrected chi connectivity index (χ1v) is 9.04. The summed E-state index contributed by atoms with van der Waals surface area (Å²) < 4.78 is 4.98. The summed E-state index contributed by atoms with van der Waals surface area (Å²) in [6.07, 6.45) is 1.50. The van der Waals surface area contributed by atoms with Crippen LogP contribution in [0.5, 0.6) is 0 Å². The zero-order valence-electron chi connectivity index (χ0n) is 15.2. The molecular formula is C21H22N2O4. The highest BCUT2D eigenvalue weighted by molar-refractivity contribution is 5.98. The Morgan fingerprint density at radius 1 is 1.11 bits per heavy atom. The van der Waals surface area contributed by atoms with Crippen molar-refractivity contribution in [3.8, 4) is 11.1 Å². The number of piperidine rings is 1. The number of rotatable bonds is 5. The summed E-state index contributed by atoms with van der Waals surface area (Å²) in [5, 5.41) is 5.55. The molecule has 0 unspecified atom stereocenters. The number of carbonyl (C=O) groups is 3. The summed E-state index contributed by atoms with van der Waals surface area (Å²) in [5.41, 5.74) is 2.71. The summed E-state index contributed by atoms with van der Waals surface area (Å²) in [5.74, 6) is -0.773. The minimum atomic E-state index is -0.487. The van der Waals surface area contributed by atoms with Crippen LogP contribution in [-0.2, 0) is 9.53 Å². The lowest BCUT2D eigenvalue weighted by molar-refractivity contribution is -0.124. The van der Waals surface area contributed by atoms with E-state index in [1.165, 1.54) is 0 Å². The van der Waals surface area contributed by atoms with Crippen molar-refractivity contribution in [1.29, 1.82) is 0 Å². The summed E-state index contributed by atoms with van der Waals surface area (Å²) in [6, 6.07) is 13.7. The molecule has 1 aliphatic rings. The Hall–Kier alpha value is -3.15. The maximum Gasteiger partial charge on any atom is 0.338 e. The van der Waals surface area contributed by atoms with Gasteiger partial charge in [0.1, 0.15) is 6.04 Å². The number of nitrogens with one attached hydrogen (secondary N) is 2. The van der Waals surface area contributed by atoms with E-state index in [2.05, 4.69) is 10.6 Å². The fourth-order valence-electron chi connectivity index (χ4n) is 3.00. The number of hydrogen-bond donors (Lipinski definition) is 2. The SMILES string of the molecule is CCOC(=O)c1ccc(-c2cccc(C(=O)N[C@@H]3CCCNC3=O)c2)cc1. The first-order chi connectivity index (χ1) is 13.1. The number of carbonyl (C=O) groups excluding carboxylic acids is 3. The molecule has 2 N–H and O–H groups in total. The van der Waals surface area contributed by atoms with E-state index in [1.807, 2.05) is 18.2 Å². The van der Waals surface area contributed by atoms with Crippen molar-refractivity contribution in [2.75, 3.05) is 13.2 Å². The predicted molar refractivity (Wildman–Crippen MR) is 101 cm³/mol. The van der Waals surface area contributed by atoms with Crippen LogP contribution in [0.1, 0.15) is 40.5 Å². The molecule has 0 bridgehead atoms. The van der Waals surface area contributed by atoms with E-state index >= 15 is 0 Å². The number of esters is 1. The predicted octanol–water partition coefficient (Wildman–Crippen LogP) is 2.54. The number of amides is 2. The van der Waals surface area contributed by atoms with Gasteiger partial charge in [-0.1, -0.05) is 24.3 Å². The van der Waals surface area contributed by atoms with Crippen molar-refractivity contribution in [2.45, 2.75) is 25.8 Å². The van der Waals surface area contributed by atoms with Crippen LogP contribution in [0.2, 0.25) is 0 Å². The maximum atomic E-state index is 12.5. The van der Waals surface area contributed by atoms with Gasteiger partial charge in [-0.05, 0) is 55.2 Å². The van der Waals surface area contributed by atoms with Crippen LogP contribution < -0.4 is 10.6 Å². The topological polar surface area (TPSA) is 84.5 Å². The molecule has 0 radical (unpaired) electrons. The van der Waals surface area contributed by atoms with E-state index in [9.17, 15) is 14.4 Å². The van der Waals surface area contributed by atoms with E-state index < -0.39 is 6.04 Å². The van der Waals surface area contributed by atoms with E-state index in [4.69, 9.17) is 4.74 Å². The van der Waals surface area contributed by atoms with E-state index in [1.54, 1.807) is 37.3 Å². The molecule has 0 aliphatic carbocycles. The molecular weight excluding hydrogens is 344 g/mol. The first-order valence-electron chi connectivity index (χ1n) is 9.04. The average Bonchev–Trinajstić information content (AvgIpc) is 2.70. The van der Waals surface area contributed by atoms with Gasteiger partial charge >= 0.3 is 5.97 Å². The Morgan fingerprint density at radius 2 is 1.89 bits per heavy atom. The molecule has 1 saturated heterocycles. The fourth-order valence-corrected chi connectivity index (χ4v) is 3.00. The zero-order chi connectivity index (χ0) is 19.2. The van der Waals surface area contributed by atoms with Crippen molar-refractivity contribution >= 4 is 17.8 Å². The van der Waals surface area contributed by atoms with Gasteiger partial charge in [0.05, 0.1) is 12.2 Å². The number of benzene rings is 2. The monoisotopic (exact) mass is 366 g/mol. The lowest BCUT2D eigenvalue weighted by Crippen LogP contribution is -2.50. The molecule has 1 heterocycles. The van der Waals surface area contributed by atoms with Crippen molar-refractivity contribution in [3.05, 3.63) is 59.7 Å². The summed E-state index contributed by atoms with van der Waals surface area (Å²) in [6.45, 7) is 2.75. The fraction of sp³-hybridized carbons (Fsp3) is 0.286. The maximum absolute atomic E-state index is 12.5. The largest absolute Gasteiger partial charge is 0.462 e.